The van der Waals surface area contributed by atoms with Crippen LogP contribution in [0.5, 0.6) is 0 Å². The van der Waals surface area contributed by atoms with Gasteiger partial charge in [0.15, 0.2) is 0 Å². The first-order valence-corrected chi connectivity index (χ1v) is 9.14. The Hall–Kier alpha value is -0.0800. The molecule has 20 heavy (non-hydrogen) atoms. The third-order valence-corrected chi connectivity index (χ3v) is 6.91. The smallest absolute Gasteiger partial charge is 0.0360 e. The molecule has 1 heterocycles. The molecule has 1 aliphatic heterocycles. The molecule has 0 bridgehead atoms. The fourth-order valence-electron chi connectivity index (χ4n) is 5.71. The number of hydrogen-bond donors (Lipinski definition) is 1. The van der Waals surface area contributed by atoms with Crippen molar-refractivity contribution in [1.82, 2.24) is 4.90 Å². The van der Waals surface area contributed by atoms with E-state index in [9.17, 15) is 0 Å². The maximum Gasteiger partial charge on any atom is 0.0360 e. The van der Waals surface area contributed by atoms with Crippen LogP contribution in [0.15, 0.2) is 0 Å². The van der Waals surface area contributed by atoms with Gasteiger partial charge in [-0.25, -0.2) is 0 Å². The number of fused-ring (bicyclic) bond motifs is 1. The molecular weight excluding hydrogens is 244 g/mol. The van der Waals surface area contributed by atoms with Crippen LogP contribution in [0, 0.1) is 17.8 Å². The zero-order chi connectivity index (χ0) is 14.2. The lowest BCUT2D eigenvalue weighted by atomic mass is 9.66. The minimum atomic E-state index is 0.327. The summed E-state index contributed by atoms with van der Waals surface area (Å²) >= 11 is 0. The molecule has 3 fully saturated rings. The Balaban J connectivity index is 1.83. The van der Waals surface area contributed by atoms with Crippen molar-refractivity contribution in [3.63, 3.8) is 0 Å². The monoisotopic (exact) mass is 278 g/mol. The van der Waals surface area contributed by atoms with E-state index in [1.165, 1.54) is 64.3 Å². The SMILES string of the molecule is CC1CCC(CN)(N2CCCC3CCCCC32)C(C)C1. The van der Waals surface area contributed by atoms with Crippen LogP contribution < -0.4 is 5.73 Å². The van der Waals surface area contributed by atoms with Gasteiger partial charge < -0.3 is 5.73 Å². The molecule has 0 aromatic heterocycles. The Morgan fingerprint density at radius 3 is 2.55 bits per heavy atom. The Bertz CT molecular complexity index is 327. The lowest BCUT2D eigenvalue weighted by Crippen LogP contribution is -2.65. The summed E-state index contributed by atoms with van der Waals surface area (Å²) in [5.74, 6) is 2.65. The van der Waals surface area contributed by atoms with Crippen LogP contribution >= 0.6 is 0 Å². The van der Waals surface area contributed by atoms with Crippen molar-refractivity contribution in [3.05, 3.63) is 0 Å². The van der Waals surface area contributed by atoms with E-state index < -0.39 is 0 Å². The van der Waals surface area contributed by atoms with Crippen LogP contribution in [0.4, 0.5) is 0 Å². The molecule has 5 unspecified atom stereocenters. The van der Waals surface area contributed by atoms with Crippen LogP contribution in [-0.2, 0) is 0 Å². The van der Waals surface area contributed by atoms with E-state index >= 15 is 0 Å². The van der Waals surface area contributed by atoms with Crippen molar-refractivity contribution >= 4 is 0 Å². The Labute approximate surface area is 125 Å². The number of nitrogens with two attached hydrogens (primary N) is 1. The first-order valence-electron chi connectivity index (χ1n) is 9.14. The van der Waals surface area contributed by atoms with Gasteiger partial charge in [-0.15, -0.1) is 0 Å². The summed E-state index contributed by atoms with van der Waals surface area (Å²) in [5, 5.41) is 0. The predicted molar refractivity (Wildman–Crippen MR) is 85.7 cm³/mol. The summed E-state index contributed by atoms with van der Waals surface area (Å²) in [5.41, 5.74) is 6.71. The predicted octanol–water partition coefficient (Wildman–Crippen LogP) is 3.79. The molecule has 3 aliphatic rings. The van der Waals surface area contributed by atoms with E-state index in [1.54, 1.807) is 0 Å². The third kappa shape index (κ3) is 2.43. The highest BCUT2D eigenvalue weighted by atomic mass is 15.3. The van der Waals surface area contributed by atoms with Crippen molar-refractivity contribution in [2.24, 2.45) is 23.5 Å². The Morgan fingerprint density at radius 2 is 1.80 bits per heavy atom. The van der Waals surface area contributed by atoms with Gasteiger partial charge in [0, 0.05) is 18.1 Å². The van der Waals surface area contributed by atoms with Gasteiger partial charge in [-0.3, -0.25) is 4.90 Å². The van der Waals surface area contributed by atoms with Gasteiger partial charge in [0.1, 0.15) is 0 Å². The zero-order valence-corrected chi connectivity index (χ0v) is 13.6. The highest BCUT2D eigenvalue weighted by molar-refractivity contribution is 5.04. The molecule has 0 aromatic rings. The topological polar surface area (TPSA) is 29.3 Å². The zero-order valence-electron chi connectivity index (χ0n) is 13.6. The van der Waals surface area contributed by atoms with Crippen molar-refractivity contribution < 1.29 is 0 Å². The first-order chi connectivity index (χ1) is 9.67. The third-order valence-electron chi connectivity index (χ3n) is 6.91. The molecule has 0 spiro atoms. The molecule has 2 saturated carbocycles. The highest BCUT2D eigenvalue weighted by Gasteiger charge is 2.48. The molecule has 3 rings (SSSR count). The molecule has 0 amide bonds. The van der Waals surface area contributed by atoms with Gasteiger partial charge in [-0.2, -0.15) is 0 Å². The highest BCUT2D eigenvalue weighted by Crippen LogP contribution is 2.46. The number of nitrogens with zero attached hydrogens (tertiary/aromatic N) is 1. The number of piperidine rings is 1. The maximum atomic E-state index is 6.39. The average Bonchev–Trinajstić information content (AvgIpc) is 2.48. The number of likely N-dealkylation sites (tertiary alicyclic amines) is 1. The molecule has 0 radical (unpaired) electrons. The summed E-state index contributed by atoms with van der Waals surface area (Å²) in [7, 11) is 0. The quantitative estimate of drug-likeness (QED) is 0.832. The summed E-state index contributed by atoms with van der Waals surface area (Å²) < 4.78 is 0. The van der Waals surface area contributed by atoms with Gasteiger partial charge in [-0.05, 0) is 69.2 Å². The fourth-order valence-corrected chi connectivity index (χ4v) is 5.71. The molecular formula is C18H34N2. The van der Waals surface area contributed by atoms with E-state index in [2.05, 4.69) is 18.7 Å². The number of rotatable bonds is 2. The van der Waals surface area contributed by atoms with Crippen molar-refractivity contribution in [1.29, 1.82) is 0 Å². The van der Waals surface area contributed by atoms with E-state index in [1.807, 2.05) is 0 Å². The standard InChI is InChI=1S/C18H34N2/c1-14-9-10-18(13-19,15(2)12-14)20-11-5-7-16-6-3-4-8-17(16)20/h14-17H,3-13,19H2,1-2H3. The number of hydrogen-bond acceptors (Lipinski definition) is 2. The van der Waals surface area contributed by atoms with Crippen LogP contribution in [0.3, 0.4) is 0 Å². The van der Waals surface area contributed by atoms with Gasteiger partial charge in [0.25, 0.3) is 0 Å². The normalized spacial score (nSPS) is 47.0. The summed E-state index contributed by atoms with van der Waals surface area (Å²) in [6, 6.07) is 0.858. The van der Waals surface area contributed by atoms with Crippen molar-refractivity contribution in [2.75, 3.05) is 13.1 Å². The Kier molecular flexibility index (Phi) is 4.42. The minimum Gasteiger partial charge on any atom is -0.329 e. The van der Waals surface area contributed by atoms with E-state index in [-0.39, 0.29) is 0 Å². The van der Waals surface area contributed by atoms with Gasteiger partial charge >= 0.3 is 0 Å². The van der Waals surface area contributed by atoms with E-state index in [4.69, 9.17) is 5.73 Å². The summed E-state index contributed by atoms with van der Waals surface area (Å²) in [6.45, 7) is 7.10. The van der Waals surface area contributed by atoms with Crippen LogP contribution in [0.1, 0.15) is 71.6 Å². The van der Waals surface area contributed by atoms with Gasteiger partial charge in [0.2, 0.25) is 0 Å². The fraction of sp³-hybridized carbons (Fsp3) is 1.00. The molecule has 2 heteroatoms. The second-order valence-electron chi connectivity index (χ2n) is 8.04. The van der Waals surface area contributed by atoms with E-state index in [0.717, 1.165) is 30.3 Å². The molecule has 0 aromatic carbocycles. The maximum absolute atomic E-state index is 6.39. The van der Waals surface area contributed by atoms with Crippen LogP contribution in [0.2, 0.25) is 0 Å². The first kappa shape index (κ1) is 14.8. The van der Waals surface area contributed by atoms with Crippen molar-refractivity contribution in [2.45, 2.75) is 83.2 Å². The lowest BCUT2D eigenvalue weighted by Gasteiger charge is -2.58. The minimum absolute atomic E-state index is 0.327. The second kappa shape index (κ2) is 5.96. The molecule has 2 nitrogen and oxygen atoms in total. The van der Waals surface area contributed by atoms with E-state index in [0.29, 0.717) is 5.54 Å². The molecule has 2 N–H and O–H groups in total. The average molecular weight is 278 g/mol. The lowest BCUT2D eigenvalue weighted by molar-refractivity contribution is -0.0742. The molecule has 2 aliphatic carbocycles. The van der Waals surface area contributed by atoms with Gasteiger partial charge in [-0.1, -0.05) is 26.7 Å². The summed E-state index contributed by atoms with van der Waals surface area (Å²) in [4.78, 5) is 2.93. The molecule has 1 saturated heterocycles. The van der Waals surface area contributed by atoms with Gasteiger partial charge in [0.05, 0.1) is 0 Å². The molecule has 116 valence electrons. The molecule has 5 atom stereocenters. The van der Waals surface area contributed by atoms with Crippen LogP contribution in [0.25, 0.3) is 0 Å². The summed E-state index contributed by atoms with van der Waals surface area (Å²) in [6.07, 6.45) is 12.8. The van der Waals surface area contributed by atoms with Crippen LogP contribution in [-0.4, -0.2) is 29.6 Å². The van der Waals surface area contributed by atoms with Crippen molar-refractivity contribution in [3.8, 4) is 0 Å². The largest absolute Gasteiger partial charge is 0.329 e. The second-order valence-corrected chi connectivity index (χ2v) is 8.04. The Morgan fingerprint density at radius 1 is 1.05 bits per heavy atom.